The van der Waals surface area contributed by atoms with Crippen molar-refractivity contribution >= 4 is 5.91 Å². The summed E-state index contributed by atoms with van der Waals surface area (Å²) in [4.78, 5) is 16.9. The van der Waals surface area contributed by atoms with Crippen molar-refractivity contribution in [3.8, 4) is 0 Å². The van der Waals surface area contributed by atoms with Crippen molar-refractivity contribution in [2.45, 2.75) is 31.8 Å². The predicted molar refractivity (Wildman–Crippen MR) is 87.7 cm³/mol. The lowest BCUT2D eigenvalue weighted by Gasteiger charge is -2.46. The van der Waals surface area contributed by atoms with Crippen molar-refractivity contribution in [3.63, 3.8) is 0 Å². The molecule has 0 spiro atoms. The van der Waals surface area contributed by atoms with Crippen LogP contribution in [-0.2, 0) is 11.3 Å². The van der Waals surface area contributed by atoms with Gasteiger partial charge in [-0.05, 0) is 24.8 Å². The molecule has 2 heterocycles. The summed E-state index contributed by atoms with van der Waals surface area (Å²) < 4.78 is 0. The van der Waals surface area contributed by atoms with Crippen LogP contribution in [0.25, 0.3) is 0 Å². The van der Waals surface area contributed by atoms with Crippen LogP contribution in [0.3, 0.4) is 0 Å². The first-order valence-corrected chi connectivity index (χ1v) is 8.46. The van der Waals surface area contributed by atoms with E-state index in [9.17, 15) is 15.0 Å². The molecule has 0 bridgehead atoms. The van der Waals surface area contributed by atoms with Gasteiger partial charge in [-0.25, -0.2) is 0 Å². The number of aliphatic hydroxyl groups excluding tert-OH is 2. The van der Waals surface area contributed by atoms with Gasteiger partial charge in [-0.3, -0.25) is 9.69 Å². The van der Waals surface area contributed by atoms with Crippen LogP contribution in [0.5, 0.6) is 0 Å². The van der Waals surface area contributed by atoms with Crippen LogP contribution < -0.4 is 0 Å². The predicted octanol–water partition coefficient (Wildman–Crippen LogP) is 0.854. The van der Waals surface area contributed by atoms with Crippen LogP contribution in [0.15, 0.2) is 30.3 Å². The molecule has 2 saturated heterocycles. The summed E-state index contributed by atoms with van der Waals surface area (Å²) in [6.07, 6.45) is 2.52. The summed E-state index contributed by atoms with van der Waals surface area (Å²) >= 11 is 0. The molecule has 5 nitrogen and oxygen atoms in total. The summed E-state index contributed by atoms with van der Waals surface area (Å²) in [5, 5.41) is 19.2. The molecule has 1 aromatic rings. The third kappa shape index (κ3) is 3.42. The van der Waals surface area contributed by atoms with Gasteiger partial charge in [0.05, 0.1) is 19.3 Å². The van der Waals surface area contributed by atoms with Crippen molar-refractivity contribution in [1.82, 2.24) is 9.80 Å². The lowest BCUT2D eigenvalue weighted by atomic mass is 9.81. The van der Waals surface area contributed by atoms with Crippen molar-refractivity contribution < 1.29 is 15.0 Å². The second kappa shape index (κ2) is 6.99. The van der Waals surface area contributed by atoms with Gasteiger partial charge >= 0.3 is 0 Å². The Balaban J connectivity index is 1.61. The topological polar surface area (TPSA) is 64.0 Å². The molecule has 126 valence electrons. The highest BCUT2D eigenvalue weighted by molar-refractivity contribution is 5.83. The number of likely N-dealkylation sites (tertiary alicyclic amines) is 2. The number of hydrogen-bond acceptors (Lipinski definition) is 4. The number of nitrogens with zero attached hydrogens (tertiary/aromatic N) is 2. The second-order valence-corrected chi connectivity index (χ2v) is 6.94. The molecule has 5 heteroatoms. The van der Waals surface area contributed by atoms with Crippen LogP contribution >= 0.6 is 0 Å². The van der Waals surface area contributed by atoms with E-state index in [1.54, 1.807) is 0 Å². The smallest absolute Gasteiger partial charge is 0.240 e. The molecule has 2 aliphatic rings. The van der Waals surface area contributed by atoms with Gasteiger partial charge in [-0.1, -0.05) is 30.3 Å². The average molecular weight is 318 g/mol. The molecule has 1 aromatic carbocycles. The number of hydrogen-bond donors (Lipinski definition) is 2. The largest absolute Gasteiger partial charge is 0.396 e. The highest BCUT2D eigenvalue weighted by Gasteiger charge is 2.41. The Bertz CT molecular complexity index is 530. The third-order valence-corrected chi connectivity index (χ3v) is 5.29. The van der Waals surface area contributed by atoms with E-state index >= 15 is 0 Å². The molecular formula is C18H26N2O3. The molecule has 2 fully saturated rings. The Hall–Kier alpha value is -1.43. The zero-order valence-corrected chi connectivity index (χ0v) is 13.5. The molecule has 1 atom stereocenters. The van der Waals surface area contributed by atoms with E-state index in [0.717, 1.165) is 38.9 Å². The van der Waals surface area contributed by atoms with Gasteiger partial charge in [-0.2, -0.15) is 0 Å². The summed E-state index contributed by atoms with van der Waals surface area (Å²) in [5.41, 5.74) is 0.700. The Morgan fingerprint density at radius 3 is 2.52 bits per heavy atom. The van der Waals surface area contributed by atoms with Gasteiger partial charge in [0.1, 0.15) is 0 Å². The fourth-order valence-electron chi connectivity index (χ4n) is 3.64. The fourth-order valence-corrected chi connectivity index (χ4v) is 3.64. The van der Waals surface area contributed by atoms with Gasteiger partial charge in [0.15, 0.2) is 0 Å². The van der Waals surface area contributed by atoms with Gasteiger partial charge in [0, 0.05) is 31.6 Å². The third-order valence-electron chi connectivity index (χ3n) is 5.29. The minimum Gasteiger partial charge on any atom is -0.396 e. The monoisotopic (exact) mass is 318 g/mol. The molecule has 0 aliphatic carbocycles. The first-order chi connectivity index (χ1) is 11.2. The van der Waals surface area contributed by atoms with Crippen LogP contribution in [0.4, 0.5) is 0 Å². The molecule has 1 amide bonds. The minimum atomic E-state index is -0.526. The molecule has 1 unspecified atom stereocenters. The quantitative estimate of drug-likeness (QED) is 0.845. The second-order valence-electron chi connectivity index (χ2n) is 6.94. The average Bonchev–Trinajstić information content (AvgIpc) is 2.59. The molecule has 2 aliphatic heterocycles. The summed E-state index contributed by atoms with van der Waals surface area (Å²) in [5.74, 6) is 0.151. The zero-order chi connectivity index (χ0) is 16.3. The first kappa shape index (κ1) is 16.4. The van der Waals surface area contributed by atoms with Crippen molar-refractivity contribution in [1.29, 1.82) is 0 Å². The van der Waals surface area contributed by atoms with Crippen LogP contribution in [-0.4, -0.2) is 64.8 Å². The lowest BCUT2D eigenvalue weighted by Crippen LogP contribution is -2.59. The van der Waals surface area contributed by atoms with E-state index in [1.807, 2.05) is 23.1 Å². The highest BCUT2D eigenvalue weighted by Crippen LogP contribution is 2.31. The maximum Gasteiger partial charge on any atom is 0.240 e. The summed E-state index contributed by atoms with van der Waals surface area (Å²) in [7, 11) is 0. The maximum atomic E-state index is 12.8. The number of aliphatic hydroxyl groups is 2. The van der Waals surface area contributed by atoms with Gasteiger partial charge < -0.3 is 15.1 Å². The Morgan fingerprint density at radius 1 is 1.17 bits per heavy atom. The van der Waals surface area contributed by atoms with E-state index in [2.05, 4.69) is 17.0 Å². The van der Waals surface area contributed by atoms with Gasteiger partial charge in [0.2, 0.25) is 5.91 Å². The molecule has 2 N–H and O–H groups in total. The number of benzene rings is 1. The number of amides is 1. The van der Waals surface area contributed by atoms with E-state index in [1.165, 1.54) is 5.56 Å². The summed E-state index contributed by atoms with van der Waals surface area (Å²) in [6, 6.07) is 10.2. The Labute approximate surface area is 137 Å². The Kier molecular flexibility index (Phi) is 4.99. The van der Waals surface area contributed by atoms with E-state index in [-0.39, 0.29) is 25.2 Å². The standard InChI is InChI=1S/C18H26N2O3/c21-13-18(14-22)8-4-9-20(12-18)17(23)16-7-10-19(16)11-15-5-2-1-3-6-15/h1-3,5-6,16,21-22H,4,7-14H2. The van der Waals surface area contributed by atoms with E-state index in [0.29, 0.717) is 6.54 Å². The maximum absolute atomic E-state index is 12.8. The number of piperidine rings is 1. The Morgan fingerprint density at radius 2 is 1.91 bits per heavy atom. The summed E-state index contributed by atoms with van der Waals surface area (Å²) in [6.45, 7) is 2.82. The van der Waals surface area contributed by atoms with E-state index in [4.69, 9.17) is 0 Å². The molecule has 3 rings (SSSR count). The minimum absolute atomic E-state index is 0.0524. The van der Waals surface area contributed by atoms with Crippen molar-refractivity contribution in [3.05, 3.63) is 35.9 Å². The first-order valence-electron chi connectivity index (χ1n) is 8.46. The normalized spacial score (nSPS) is 24.3. The van der Waals surface area contributed by atoms with E-state index < -0.39 is 5.41 Å². The fraction of sp³-hybridized carbons (Fsp3) is 0.611. The lowest BCUT2D eigenvalue weighted by molar-refractivity contribution is -0.147. The van der Waals surface area contributed by atoms with Crippen LogP contribution in [0.2, 0.25) is 0 Å². The molecule has 23 heavy (non-hydrogen) atoms. The SMILES string of the molecule is O=C(C1CCN1Cc1ccccc1)N1CCCC(CO)(CO)C1. The van der Waals surface area contributed by atoms with Crippen LogP contribution in [0, 0.1) is 5.41 Å². The van der Waals surface area contributed by atoms with Crippen molar-refractivity contribution in [2.24, 2.45) is 5.41 Å². The van der Waals surface area contributed by atoms with Crippen LogP contribution in [0.1, 0.15) is 24.8 Å². The molecular weight excluding hydrogens is 292 g/mol. The van der Waals surface area contributed by atoms with Gasteiger partial charge in [-0.15, -0.1) is 0 Å². The van der Waals surface area contributed by atoms with Gasteiger partial charge in [0.25, 0.3) is 0 Å². The van der Waals surface area contributed by atoms with Crippen molar-refractivity contribution in [2.75, 3.05) is 32.8 Å². The number of carbonyl (C=O) groups excluding carboxylic acids is 1. The zero-order valence-electron chi connectivity index (χ0n) is 13.5. The number of rotatable bonds is 5. The molecule has 0 radical (unpaired) electrons. The number of carbonyl (C=O) groups is 1. The molecule has 0 saturated carbocycles. The molecule has 0 aromatic heterocycles. The highest BCUT2D eigenvalue weighted by atomic mass is 16.3.